The maximum absolute atomic E-state index is 10.9. The van der Waals surface area contributed by atoms with Gasteiger partial charge in [0.25, 0.3) is 0 Å². The normalized spacial score (nSPS) is 11.2. The average Bonchev–Trinajstić information content (AvgIpc) is 2.51. The molecule has 31 heavy (non-hydrogen) atoms. The topological polar surface area (TPSA) is 268 Å². The zero-order valence-corrected chi connectivity index (χ0v) is 15.9. The Kier molecular flexibility index (Phi) is 14.3. The Hall–Kier alpha value is -3.79. The van der Waals surface area contributed by atoms with Crippen LogP contribution in [0.2, 0.25) is 0 Å². The number of nitrogens with zero attached hydrogens (tertiary/aromatic N) is 2. The van der Waals surface area contributed by atoms with Gasteiger partial charge in [0.05, 0.1) is 32.7 Å². The van der Waals surface area contributed by atoms with Gasteiger partial charge in [-0.2, -0.15) is 0 Å². The molecule has 16 heteroatoms. The third kappa shape index (κ3) is 18.0. The summed E-state index contributed by atoms with van der Waals surface area (Å²) in [5, 5.41) is 59.3. The van der Waals surface area contributed by atoms with E-state index in [0.29, 0.717) is 4.90 Å². The quantitative estimate of drug-likeness (QED) is 0.133. The van der Waals surface area contributed by atoms with E-state index in [-0.39, 0.29) is 6.42 Å². The molecule has 7 N–H and O–H groups in total. The summed E-state index contributed by atoms with van der Waals surface area (Å²) in [6.07, 6.45) is -0.863. The van der Waals surface area contributed by atoms with Gasteiger partial charge >= 0.3 is 41.8 Å². The van der Waals surface area contributed by atoms with Crippen LogP contribution in [0, 0.1) is 0 Å². The number of carbonyl (C=O) groups is 7. The zero-order valence-electron chi connectivity index (χ0n) is 15.9. The summed E-state index contributed by atoms with van der Waals surface area (Å²) in [5.74, 6) is -9.27. The van der Waals surface area contributed by atoms with Crippen molar-refractivity contribution in [3.05, 3.63) is 0 Å². The molecule has 0 unspecified atom stereocenters. The Morgan fingerprint density at radius 1 is 0.516 bits per heavy atom. The molecule has 0 aliphatic heterocycles. The third-order valence-electron chi connectivity index (χ3n) is 3.11. The number of carboxylic acids is 7. The molecular weight excluding hydrogens is 432 g/mol. The van der Waals surface area contributed by atoms with Gasteiger partial charge in [-0.05, 0) is 6.42 Å². The van der Waals surface area contributed by atoms with E-state index in [2.05, 4.69) is 0 Å². The van der Waals surface area contributed by atoms with Crippen LogP contribution in [0.5, 0.6) is 0 Å². The monoisotopic (exact) mass is 454 g/mol. The molecule has 0 radical (unpaired) electrons. The van der Waals surface area contributed by atoms with Gasteiger partial charge < -0.3 is 35.7 Å². The van der Waals surface area contributed by atoms with Crippen LogP contribution in [-0.4, -0.2) is 126 Å². The lowest BCUT2D eigenvalue weighted by atomic mass is 10.1. The highest BCUT2D eigenvalue weighted by atomic mass is 16.4. The van der Waals surface area contributed by atoms with Gasteiger partial charge in [0.2, 0.25) is 0 Å². The number of rotatable bonds is 15. The minimum atomic E-state index is -1.46. The first-order valence-electron chi connectivity index (χ1n) is 8.15. The molecule has 1 atom stereocenters. The van der Waals surface area contributed by atoms with E-state index in [9.17, 15) is 33.6 Å². The summed E-state index contributed by atoms with van der Waals surface area (Å²) in [7, 11) is 0. The van der Waals surface area contributed by atoms with Gasteiger partial charge in [0, 0.05) is 6.42 Å². The van der Waals surface area contributed by atoms with Crippen molar-refractivity contribution in [1.82, 2.24) is 9.80 Å². The minimum absolute atomic E-state index is 0.370. The van der Waals surface area contributed by atoms with Crippen LogP contribution < -0.4 is 0 Å². The van der Waals surface area contributed by atoms with E-state index in [0.717, 1.165) is 4.90 Å². The minimum Gasteiger partial charge on any atom is -0.481 e. The molecule has 0 saturated carbocycles. The molecule has 176 valence electrons. The van der Waals surface area contributed by atoms with E-state index in [1.54, 1.807) is 0 Å². The predicted molar refractivity (Wildman–Crippen MR) is 94.5 cm³/mol. The largest absolute Gasteiger partial charge is 0.481 e. The van der Waals surface area contributed by atoms with E-state index in [4.69, 9.17) is 35.7 Å². The molecule has 16 nitrogen and oxygen atoms in total. The standard InChI is InChI=1S/C9H13NO8.C6H9NO6/c11-6(12)2-1-5(9(17)18)10(3-7(13)14)4-8(15)16;8-4(9)1-7(2-5(10)11)3-6(12)13/h5H,1-4H2,(H,11,12)(H,13,14)(H,15,16)(H,17,18);1-3H2,(H,8,9)(H,10,11)(H,12,13)/t5-;/m0./s1. The average molecular weight is 454 g/mol. The van der Waals surface area contributed by atoms with E-state index in [1.807, 2.05) is 0 Å². The second-order valence-corrected chi connectivity index (χ2v) is 5.81. The smallest absolute Gasteiger partial charge is 0.320 e. The molecule has 0 amide bonds. The summed E-state index contributed by atoms with van der Waals surface area (Å²) in [5.41, 5.74) is 0. The van der Waals surface area contributed by atoms with Crippen LogP contribution >= 0.6 is 0 Å². The number of carboxylic acid groups (broad SMARTS) is 7. The highest BCUT2D eigenvalue weighted by Crippen LogP contribution is 2.08. The van der Waals surface area contributed by atoms with E-state index in [1.165, 1.54) is 0 Å². The van der Waals surface area contributed by atoms with Crippen LogP contribution in [0.25, 0.3) is 0 Å². The van der Waals surface area contributed by atoms with Crippen LogP contribution in [0.1, 0.15) is 12.8 Å². The lowest BCUT2D eigenvalue weighted by Crippen LogP contribution is -2.46. The Bertz CT molecular complexity index is 637. The van der Waals surface area contributed by atoms with Gasteiger partial charge in [-0.1, -0.05) is 0 Å². The molecule has 0 spiro atoms. The fraction of sp³-hybridized carbons (Fsp3) is 0.533. The number of hydrogen-bond acceptors (Lipinski definition) is 9. The first-order valence-corrected chi connectivity index (χ1v) is 8.15. The van der Waals surface area contributed by atoms with Gasteiger partial charge in [0.1, 0.15) is 6.04 Å². The lowest BCUT2D eigenvalue weighted by molar-refractivity contribution is -0.151. The van der Waals surface area contributed by atoms with Gasteiger partial charge in [-0.3, -0.25) is 43.4 Å². The second-order valence-electron chi connectivity index (χ2n) is 5.81. The second kappa shape index (κ2) is 15.1. The van der Waals surface area contributed by atoms with Crippen molar-refractivity contribution in [2.45, 2.75) is 18.9 Å². The summed E-state index contributed by atoms with van der Waals surface area (Å²) in [6.45, 7) is -3.37. The molecule has 0 aromatic rings. The van der Waals surface area contributed by atoms with Crippen LogP contribution in [0.4, 0.5) is 0 Å². The zero-order chi connectivity index (χ0) is 24.7. The molecule has 0 fully saturated rings. The summed E-state index contributed by atoms with van der Waals surface area (Å²) >= 11 is 0. The maximum atomic E-state index is 10.9. The molecule has 0 rings (SSSR count). The summed E-state index contributed by atoms with van der Waals surface area (Å²) < 4.78 is 0. The molecule has 0 aliphatic carbocycles. The van der Waals surface area contributed by atoms with Crippen molar-refractivity contribution >= 4 is 41.8 Å². The van der Waals surface area contributed by atoms with Crippen molar-refractivity contribution in [2.24, 2.45) is 0 Å². The van der Waals surface area contributed by atoms with Gasteiger partial charge in [-0.25, -0.2) is 0 Å². The highest BCUT2D eigenvalue weighted by molar-refractivity contribution is 5.79. The first-order chi connectivity index (χ1) is 14.1. The Balaban J connectivity index is 0. The number of hydrogen-bond donors (Lipinski definition) is 7. The van der Waals surface area contributed by atoms with Gasteiger partial charge in [0.15, 0.2) is 0 Å². The van der Waals surface area contributed by atoms with Crippen molar-refractivity contribution < 1.29 is 69.3 Å². The first kappa shape index (κ1) is 29.4. The highest BCUT2D eigenvalue weighted by Gasteiger charge is 2.29. The molecule has 0 aromatic heterocycles. The summed E-state index contributed by atoms with van der Waals surface area (Å²) in [4.78, 5) is 74.2. The summed E-state index contributed by atoms with van der Waals surface area (Å²) in [6, 6.07) is -1.46. The Labute approximate surface area is 173 Å². The third-order valence-corrected chi connectivity index (χ3v) is 3.11. The van der Waals surface area contributed by atoms with E-state index >= 15 is 0 Å². The van der Waals surface area contributed by atoms with Crippen LogP contribution in [-0.2, 0) is 33.6 Å². The molecular formula is C15H22N2O14. The molecule has 0 aliphatic rings. The van der Waals surface area contributed by atoms with Crippen molar-refractivity contribution in [3.8, 4) is 0 Å². The van der Waals surface area contributed by atoms with Gasteiger partial charge in [-0.15, -0.1) is 0 Å². The van der Waals surface area contributed by atoms with Crippen LogP contribution in [0.15, 0.2) is 0 Å². The van der Waals surface area contributed by atoms with Crippen molar-refractivity contribution in [2.75, 3.05) is 32.7 Å². The predicted octanol–water partition coefficient (Wildman–Crippen LogP) is -2.68. The van der Waals surface area contributed by atoms with Crippen molar-refractivity contribution in [3.63, 3.8) is 0 Å². The fourth-order valence-corrected chi connectivity index (χ4v) is 2.09. The molecule has 0 bridgehead atoms. The Morgan fingerprint density at radius 3 is 1.06 bits per heavy atom. The van der Waals surface area contributed by atoms with E-state index < -0.39 is 87.0 Å². The molecule has 0 saturated heterocycles. The fourth-order valence-electron chi connectivity index (χ4n) is 2.09. The van der Waals surface area contributed by atoms with Crippen LogP contribution in [0.3, 0.4) is 0 Å². The number of aliphatic carboxylic acids is 7. The lowest BCUT2D eigenvalue weighted by Gasteiger charge is -2.25. The maximum Gasteiger partial charge on any atom is 0.320 e. The molecule has 0 heterocycles. The Morgan fingerprint density at radius 2 is 0.839 bits per heavy atom. The van der Waals surface area contributed by atoms with Crippen molar-refractivity contribution in [1.29, 1.82) is 0 Å². The molecule has 0 aromatic carbocycles. The SMILES string of the molecule is O=C(O)CC[C@@H](C(=O)O)N(CC(=O)O)CC(=O)O.O=C(O)CN(CC(=O)O)CC(=O)O.